The van der Waals surface area contributed by atoms with Crippen molar-refractivity contribution in [1.82, 2.24) is 14.8 Å². The molecule has 3 aromatic rings. The van der Waals surface area contributed by atoms with E-state index in [-0.39, 0.29) is 23.8 Å². The average molecular weight is 461 g/mol. The Bertz CT molecular complexity index is 1060. The van der Waals surface area contributed by atoms with Crippen LogP contribution in [0.1, 0.15) is 50.8 Å². The highest BCUT2D eigenvalue weighted by Gasteiger charge is 2.28. The number of ether oxygens (including phenoxy) is 2. The second-order valence-corrected chi connectivity index (χ2v) is 8.49. The van der Waals surface area contributed by atoms with Gasteiger partial charge in [-0.3, -0.25) is 0 Å². The maximum atomic E-state index is 12.5. The number of rotatable bonds is 9. The van der Waals surface area contributed by atoms with Gasteiger partial charge in [-0.05, 0) is 19.4 Å². The van der Waals surface area contributed by atoms with E-state index in [0.717, 1.165) is 22.7 Å². The highest BCUT2D eigenvalue weighted by atomic mass is 32.2. The SMILES string of the molecule is CCOC(=O)c1sc(N)c(C(=O)OCC)c1CSc1nnc(Cc2ccccc2)n1C. The van der Waals surface area contributed by atoms with Crippen LogP contribution in [-0.4, -0.2) is 39.9 Å². The zero-order chi connectivity index (χ0) is 22.4. The quantitative estimate of drug-likeness (QED) is 0.380. The molecule has 0 radical (unpaired) electrons. The van der Waals surface area contributed by atoms with Crippen LogP contribution in [0.15, 0.2) is 35.5 Å². The van der Waals surface area contributed by atoms with E-state index in [2.05, 4.69) is 10.2 Å². The molecule has 10 heteroatoms. The molecule has 164 valence electrons. The van der Waals surface area contributed by atoms with Crippen molar-refractivity contribution >= 4 is 40.0 Å². The van der Waals surface area contributed by atoms with Crippen LogP contribution in [0, 0.1) is 0 Å². The lowest BCUT2D eigenvalue weighted by atomic mass is 10.1. The van der Waals surface area contributed by atoms with Gasteiger partial charge in [-0.15, -0.1) is 21.5 Å². The summed E-state index contributed by atoms with van der Waals surface area (Å²) >= 11 is 2.40. The lowest BCUT2D eigenvalue weighted by molar-refractivity contribution is 0.0527. The van der Waals surface area contributed by atoms with Crippen LogP contribution in [0.4, 0.5) is 5.00 Å². The Balaban J connectivity index is 1.85. The number of benzene rings is 1. The Morgan fingerprint density at radius 1 is 1.10 bits per heavy atom. The molecule has 0 aliphatic heterocycles. The van der Waals surface area contributed by atoms with Crippen LogP contribution in [0.3, 0.4) is 0 Å². The maximum absolute atomic E-state index is 12.5. The molecular formula is C21H24N4O4S2. The summed E-state index contributed by atoms with van der Waals surface area (Å²) in [6.45, 7) is 3.88. The molecule has 2 N–H and O–H groups in total. The third-order valence-corrected chi connectivity index (χ3v) is 6.54. The Kier molecular flexibility index (Phi) is 7.69. The lowest BCUT2D eigenvalue weighted by Gasteiger charge is -2.08. The highest BCUT2D eigenvalue weighted by Crippen LogP contribution is 2.36. The van der Waals surface area contributed by atoms with Crippen molar-refractivity contribution in [3.63, 3.8) is 0 Å². The summed E-state index contributed by atoms with van der Waals surface area (Å²) in [6.07, 6.45) is 0.651. The Morgan fingerprint density at radius 3 is 2.45 bits per heavy atom. The lowest BCUT2D eigenvalue weighted by Crippen LogP contribution is -2.11. The summed E-state index contributed by atoms with van der Waals surface area (Å²) in [5.74, 6) is 0.0563. The van der Waals surface area contributed by atoms with Gasteiger partial charge in [0.2, 0.25) is 0 Å². The maximum Gasteiger partial charge on any atom is 0.348 e. The molecule has 2 aromatic heterocycles. The van der Waals surface area contributed by atoms with E-state index in [0.29, 0.717) is 27.8 Å². The summed E-state index contributed by atoms with van der Waals surface area (Å²) in [5, 5.41) is 9.46. The highest BCUT2D eigenvalue weighted by molar-refractivity contribution is 7.98. The van der Waals surface area contributed by atoms with E-state index >= 15 is 0 Å². The minimum absolute atomic E-state index is 0.210. The van der Waals surface area contributed by atoms with Gasteiger partial charge in [0.15, 0.2) is 5.16 Å². The largest absolute Gasteiger partial charge is 0.462 e. The van der Waals surface area contributed by atoms with Crippen LogP contribution in [0.25, 0.3) is 0 Å². The number of aromatic nitrogens is 3. The number of nitrogens with zero attached hydrogens (tertiary/aromatic N) is 3. The molecule has 0 aliphatic rings. The van der Waals surface area contributed by atoms with E-state index in [9.17, 15) is 9.59 Å². The molecule has 0 amide bonds. The first-order valence-corrected chi connectivity index (χ1v) is 11.6. The molecule has 31 heavy (non-hydrogen) atoms. The molecule has 0 aliphatic carbocycles. The number of nitrogens with two attached hydrogens (primary N) is 1. The van der Waals surface area contributed by atoms with Gasteiger partial charge in [-0.2, -0.15) is 0 Å². The van der Waals surface area contributed by atoms with Crippen molar-refractivity contribution in [3.8, 4) is 0 Å². The van der Waals surface area contributed by atoms with E-state index in [4.69, 9.17) is 15.2 Å². The molecule has 0 bridgehead atoms. The number of hydrogen-bond acceptors (Lipinski definition) is 9. The summed E-state index contributed by atoms with van der Waals surface area (Å²) in [5.41, 5.74) is 7.91. The summed E-state index contributed by atoms with van der Waals surface area (Å²) in [6, 6.07) is 10.0. The second kappa shape index (κ2) is 10.5. The van der Waals surface area contributed by atoms with Gasteiger partial charge in [0.1, 0.15) is 15.7 Å². The monoisotopic (exact) mass is 460 g/mol. The minimum atomic E-state index is -0.551. The van der Waals surface area contributed by atoms with Gasteiger partial charge in [0, 0.05) is 24.8 Å². The van der Waals surface area contributed by atoms with Crippen LogP contribution < -0.4 is 5.73 Å². The van der Waals surface area contributed by atoms with Gasteiger partial charge < -0.3 is 19.8 Å². The topological polar surface area (TPSA) is 109 Å². The van der Waals surface area contributed by atoms with Gasteiger partial charge in [0.25, 0.3) is 0 Å². The second-order valence-electron chi connectivity index (χ2n) is 6.50. The van der Waals surface area contributed by atoms with E-state index in [1.54, 1.807) is 13.8 Å². The number of thioether (sulfide) groups is 1. The molecule has 0 unspecified atom stereocenters. The number of anilines is 1. The van der Waals surface area contributed by atoms with Crippen molar-refractivity contribution in [2.24, 2.45) is 7.05 Å². The van der Waals surface area contributed by atoms with Crippen molar-refractivity contribution in [3.05, 3.63) is 57.7 Å². The first-order valence-electron chi connectivity index (χ1n) is 9.76. The molecule has 2 heterocycles. The first kappa shape index (κ1) is 22.8. The van der Waals surface area contributed by atoms with Crippen molar-refractivity contribution in [2.75, 3.05) is 18.9 Å². The number of carbonyl (C=O) groups excluding carboxylic acids is 2. The molecule has 0 atom stereocenters. The molecule has 8 nitrogen and oxygen atoms in total. The number of thiophene rings is 1. The fraction of sp³-hybridized carbons (Fsp3) is 0.333. The number of hydrogen-bond donors (Lipinski definition) is 1. The molecular weight excluding hydrogens is 436 g/mol. The molecule has 1 aromatic carbocycles. The Labute approximate surface area is 188 Å². The summed E-state index contributed by atoms with van der Waals surface area (Å²) < 4.78 is 12.2. The summed E-state index contributed by atoms with van der Waals surface area (Å²) in [7, 11) is 1.89. The fourth-order valence-electron chi connectivity index (χ4n) is 2.95. The Morgan fingerprint density at radius 2 is 1.77 bits per heavy atom. The van der Waals surface area contributed by atoms with Gasteiger partial charge >= 0.3 is 11.9 Å². The molecule has 0 fully saturated rings. The standard InChI is InChI=1S/C21H24N4O4S2/c1-4-28-19(26)16-14(17(31-18(16)22)20(27)29-5-2)12-30-21-24-23-15(25(21)3)11-13-9-7-6-8-10-13/h6-10H,4-5,11-12,22H2,1-3H3. The Hall–Kier alpha value is -2.85. The zero-order valence-electron chi connectivity index (χ0n) is 17.6. The predicted molar refractivity (Wildman–Crippen MR) is 120 cm³/mol. The fourth-order valence-corrected chi connectivity index (χ4v) is 4.97. The zero-order valence-corrected chi connectivity index (χ0v) is 19.2. The third-order valence-electron chi connectivity index (χ3n) is 4.45. The average Bonchev–Trinajstić information content (AvgIpc) is 3.27. The number of nitrogen functional groups attached to an aromatic ring is 1. The predicted octanol–water partition coefficient (Wildman–Crippen LogP) is 3.70. The van der Waals surface area contributed by atoms with Gasteiger partial charge in [-0.25, -0.2) is 9.59 Å². The molecule has 0 saturated carbocycles. The van der Waals surface area contributed by atoms with Gasteiger partial charge in [-0.1, -0.05) is 42.1 Å². The van der Waals surface area contributed by atoms with Crippen LogP contribution in [0.2, 0.25) is 0 Å². The molecule has 0 saturated heterocycles. The van der Waals surface area contributed by atoms with E-state index < -0.39 is 11.9 Å². The van der Waals surface area contributed by atoms with E-state index in [1.165, 1.54) is 11.8 Å². The minimum Gasteiger partial charge on any atom is -0.462 e. The molecule has 0 spiro atoms. The molecule has 3 rings (SSSR count). The van der Waals surface area contributed by atoms with E-state index in [1.807, 2.05) is 41.9 Å². The summed E-state index contributed by atoms with van der Waals surface area (Å²) in [4.78, 5) is 25.2. The first-order chi connectivity index (χ1) is 15.0. The third kappa shape index (κ3) is 5.26. The van der Waals surface area contributed by atoms with Crippen molar-refractivity contribution in [1.29, 1.82) is 0 Å². The number of esters is 2. The normalized spacial score (nSPS) is 10.8. The van der Waals surface area contributed by atoms with Crippen LogP contribution >= 0.6 is 23.1 Å². The van der Waals surface area contributed by atoms with Crippen molar-refractivity contribution in [2.45, 2.75) is 31.2 Å². The van der Waals surface area contributed by atoms with Crippen LogP contribution in [-0.2, 0) is 28.7 Å². The van der Waals surface area contributed by atoms with Crippen LogP contribution in [0.5, 0.6) is 0 Å². The smallest absolute Gasteiger partial charge is 0.348 e. The van der Waals surface area contributed by atoms with Gasteiger partial charge in [0.05, 0.1) is 18.8 Å². The van der Waals surface area contributed by atoms with Crippen molar-refractivity contribution < 1.29 is 19.1 Å². The number of carbonyl (C=O) groups is 2.